The second kappa shape index (κ2) is 25.9. The molecule has 26 heteroatoms. The summed E-state index contributed by atoms with van der Waals surface area (Å²) in [5.41, 5.74) is 5.54. The van der Waals surface area contributed by atoms with Gasteiger partial charge in [0.2, 0.25) is 11.8 Å². The maximum Gasteiger partial charge on any atom is 0.300 e. The van der Waals surface area contributed by atoms with E-state index in [1.54, 1.807) is 0 Å². The Morgan fingerprint density at radius 2 is 0.935 bits per heavy atom. The van der Waals surface area contributed by atoms with Gasteiger partial charge in [0, 0.05) is 27.4 Å². The average Bonchev–Trinajstić information content (AvgIpc) is 3.22. The smallest absolute Gasteiger partial charge is 0.300 e. The second-order valence-electron chi connectivity index (χ2n) is 15.2. The summed E-state index contributed by atoms with van der Waals surface area (Å²) >= 11 is 0. The summed E-state index contributed by atoms with van der Waals surface area (Å²) in [4.78, 5) is 33.6. The van der Waals surface area contributed by atoms with Crippen molar-refractivity contribution in [2.75, 3.05) is 39.6 Å². The Bertz CT molecular complexity index is 1350. The first-order valence-electron chi connectivity index (χ1n) is 20.2. The number of rotatable bonds is 19. The number of aliphatic carboxylic acids is 1. The molecular formula is C36H65N3O23. The lowest BCUT2D eigenvalue weighted by Crippen LogP contribution is -2.70. The normalized spacial score (nSPS) is 41.1. The van der Waals surface area contributed by atoms with E-state index in [4.69, 9.17) is 53.5 Å². The summed E-state index contributed by atoms with van der Waals surface area (Å²) in [5.74, 6) is -2.16. The fraction of sp³-hybridized carbons (Fsp3) is 0.917. The van der Waals surface area contributed by atoms with Crippen LogP contribution in [0.15, 0.2) is 0 Å². The number of hydrogen-bond donors (Lipinski definition) is 15. The summed E-state index contributed by atoms with van der Waals surface area (Å²) in [6, 6.07) is -2.86. The third-order valence-electron chi connectivity index (χ3n) is 10.4. The van der Waals surface area contributed by atoms with Crippen LogP contribution in [-0.2, 0) is 52.3 Å². The zero-order valence-corrected chi connectivity index (χ0v) is 34.6. The average molecular weight is 908 g/mol. The maximum absolute atomic E-state index is 12.5. The monoisotopic (exact) mass is 907 g/mol. The zero-order chi connectivity index (χ0) is 46.4. The van der Waals surface area contributed by atoms with Gasteiger partial charge in [-0.05, 0) is 19.4 Å². The molecule has 0 radical (unpaired) electrons. The number of carbonyl (C=O) groups is 3. The van der Waals surface area contributed by atoms with Crippen LogP contribution in [0.5, 0.6) is 0 Å². The molecule has 0 spiro atoms. The molecule has 0 unspecified atom stereocenters. The molecule has 4 heterocycles. The van der Waals surface area contributed by atoms with E-state index in [1.165, 1.54) is 6.92 Å². The Morgan fingerprint density at radius 1 is 0.500 bits per heavy atom. The van der Waals surface area contributed by atoms with Crippen LogP contribution < -0.4 is 16.4 Å². The lowest BCUT2D eigenvalue weighted by molar-refractivity contribution is -0.377. The first kappa shape index (κ1) is 53.9. The number of aliphatic hydroxyl groups excluding tert-OH is 11. The standard InChI is InChI=1S/C34H61N3O21.C2H4O2/c1-13(42)36-19-24(47)28(18(12-41)55-31(19)51-8-6-4-3-5-7-35)56-34-27(50)30(23(46)17(11-40)54-34)58-32-20(37-14(2)43)29(22(45)16(10-39)52-32)57-33-26(49)25(48)21(44)15(9-38)53-33;1-2(3)4/h15-34,38-41,44-50H,3-12,35H2,1-2H3,(H,36,42)(H,37,43);1H3,(H,3,4)/t15-,16-,17-,18-,19-,20-,21+,22-,23+,24-,25+,26-,27-,28-,29-,30+,31-,32+,33+,34+;/m1./s1. The summed E-state index contributed by atoms with van der Waals surface area (Å²) in [6.45, 7) is 0.685. The van der Waals surface area contributed by atoms with Crippen molar-refractivity contribution in [2.24, 2.45) is 5.73 Å². The van der Waals surface area contributed by atoms with Crippen molar-refractivity contribution in [2.45, 2.75) is 169 Å². The topological polar surface area (TPSA) is 418 Å². The highest BCUT2D eigenvalue weighted by atomic mass is 16.8. The molecule has 4 saturated heterocycles. The van der Waals surface area contributed by atoms with Crippen LogP contribution in [0.3, 0.4) is 0 Å². The minimum absolute atomic E-state index is 0.173. The molecule has 0 aromatic rings. The first-order valence-corrected chi connectivity index (χ1v) is 20.2. The Balaban J connectivity index is 0.00000245. The molecule has 4 aliphatic rings. The summed E-state index contributed by atoms with van der Waals surface area (Å²) in [6.07, 6.45) is -27.7. The predicted molar refractivity (Wildman–Crippen MR) is 202 cm³/mol. The summed E-state index contributed by atoms with van der Waals surface area (Å²) in [7, 11) is 0. The van der Waals surface area contributed by atoms with Gasteiger partial charge in [-0.25, -0.2) is 0 Å². The molecule has 26 nitrogen and oxygen atoms in total. The molecule has 2 amide bonds. The van der Waals surface area contributed by atoms with Crippen LogP contribution in [0.25, 0.3) is 0 Å². The van der Waals surface area contributed by atoms with E-state index in [9.17, 15) is 65.8 Å². The maximum atomic E-state index is 12.5. The van der Waals surface area contributed by atoms with Gasteiger partial charge in [-0.2, -0.15) is 0 Å². The first-order chi connectivity index (χ1) is 29.3. The highest BCUT2D eigenvalue weighted by Gasteiger charge is 2.56. The number of carboxylic acid groups (broad SMARTS) is 1. The van der Waals surface area contributed by atoms with E-state index in [0.717, 1.165) is 33.1 Å². The Morgan fingerprint density at radius 3 is 1.47 bits per heavy atom. The largest absolute Gasteiger partial charge is 0.481 e. The van der Waals surface area contributed by atoms with Crippen molar-refractivity contribution in [1.82, 2.24) is 10.6 Å². The zero-order valence-electron chi connectivity index (χ0n) is 34.6. The van der Waals surface area contributed by atoms with Gasteiger partial charge in [0.15, 0.2) is 25.2 Å². The number of unbranched alkanes of at least 4 members (excludes halogenated alkanes) is 3. The van der Waals surface area contributed by atoms with Gasteiger partial charge < -0.3 is 116 Å². The molecule has 62 heavy (non-hydrogen) atoms. The summed E-state index contributed by atoms with van der Waals surface area (Å²) < 4.78 is 46.3. The molecule has 0 aromatic heterocycles. The lowest BCUT2D eigenvalue weighted by Gasteiger charge is -2.50. The van der Waals surface area contributed by atoms with Gasteiger partial charge >= 0.3 is 0 Å². The molecule has 20 atom stereocenters. The van der Waals surface area contributed by atoms with Crippen LogP contribution in [0.4, 0.5) is 0 Å². The van der Waals surface area contributed by atoms with Crippen molar-refractivity contribution < 1.29 is 114 Å². The van der Waals surface area contributed by atoms with Crippen LogP contribution in [0, 0.1) is 0 Å². The molecule has 0 saturated carbocycles. The van der Waals surface area contributed by atoms with Crippen molar-refractivity contribution in [1.29, 1.82) is 0 Å². The Labute approximate surface area is 356 Å². The molecule has 0 bridgehead atoms. The molecule has 16 N–H and O–H groups in total. The SMILES string of the molecule is CC(=O)N[C@H]1[C@H](OCCCCCCN)O[C@H](CO)[C@@H](O[C@@H]2O[C@H](CO)[C@H](O)[C@H](O[C@@H]3O[C@H](CO)[C@@H](O)[C@H](O[C@@H]4O[C@H](CO)[C@H](O)[C@H](O)[C@H]4O)[C@H]3NC(C)=O)[C@H]2O)[C@@H]1O.CC(=O)O. The van der Waals surface area contributed by atoms with Gasteiger partial charge in [-0.15, -0.1) is 0 Å². The van der Waals surface area contributed by atoms with Crippen LogP contribution in [0.2, 0.25) is 0 Å². The van der Waals surface area contributed by atoms with Gasteiger partial charge in [0.25, 0.3) is 5.97 Å². The molecule has 0 aliphatic carbocycles. The van der Waals surface area contributed by atoms with Gasteiger partial charge in [0.05, 0.1) is 26.4 Å². The van der Waals surface area contributed by atoms with E-state index in [2.05, 4.69) is 10.6 Å². The fourth-order valence-electron chi connectivity index (χ4n) is 7.27. The number of ether oxygens (including phenoxy) is 8. The number of aliphatic hydroxyl groups is 11. The lowest BCUT2D eigenvalue weighted by atomic mass is 9.94. The second-order valence-corrected chi connectivity index (χ2v) is 15.2. The van der Waals surface area contributed by atoms with Crippen LogP contribution >= 0.6 is 0 Å². The molecule has 362 valence electrons. The number of nitrogens with one attached hydrogen (secondary N) is 2. The third kappa shape index (κ3) is 14.3. The van der Waals surface area contributed by atoms with Gasteiger partial charge in [-0.3, -0.25) is 14.4 Å². The van der Waals surface area contributed by atoms with Crippen molar-refractivity contribution >= 4 is 17.8 Å². The molecular weight excluding hydrogens is 842 g/mol. The van der Waals surface area contributed by atoms with Crippen molar-refractivity contribution in [3.05, 3.63) is 0 Å². The number of nitrogens with two attached hydrogens (primary N) is 1. The van der Waals surface area contributed by atoms with Crippen molar-refractivity contribution in [3.8, 4) is 0 Å². The van der Waals surface area contributed by atoms with Gasteiger partial charge in [0.1, 0.15) is 97.5 Å². The predicted octanol–water partition coefficient (Wildman–Crippen LogP) is -7.83. The molecule has 4 fully saturated rings. The van der Waals surface area contributed by atoms with Gasteiger partial charge in [-0.1, -0.05) is 12.8 Å². The van der Waals surface area contributed by atoms with E-state index >= 15 is 0 Å². The molecule has 4 aliphatic heterocycles. The highest BCUT2D eigenvalue weighted by Crippen LogP contribution is 2.35. The third-order valence-corrected chi connectivity index (χ3v) is 10.4. The number of carbonyl (C=O) groups excluding carboxylic acids is 2. The fourth-order valence-corrected chi connectivity index (χ4v) is 7.27. The number of carboxylic acids is 1. The van der Waals surface area contributed by atoms with E-state index < -0.39 is 167 Å². The molecule has 4 rings (SSSR count). The van der Waals surface area contributed by atoms with Crippen LogP contribution in [-0.4, -0.2) is 241 Å². The number of amides is 2. The minimum Gasteiger partial charge on any atom is -0.481 e. The quantitative estimate of drug-likeness (QED) is 0.0535. The highest BCUT2D eigenvalue weighted by molar-refractivity contribution is 5.73. The van der Waals surface area contributed by atoms with Crippen LogP contribution in [0.1, 0.15) is 46.5 Å². The Kier molecular flexibility index (Phi) is 22.6. The van der Waals surface area contributed by atoms with Crippen molar-refractivity contribution in [3.63, 3.8) is 0 Å². The summed E-state index contributed by atoms with van der Waals surface area (Å²) in [5, 5.41) is 129. The minimum atomic E-state index is -2.03. The van der Waals surface area contributed by atoms with E-state index in [1.807, 2.05) is 0 Å². The van der Waals surface area contributed by atoms with E-state index in [-0.39, 0.29) is 6.61 Å². The molecule has 0 aromatic carbocycles. The Hall–Kier alpha value is -2.39. The number of hydrogen-bond acceptors (Lipinski definition) is 23. The van der Waals surface area contributed by atoms with E-state index in [0.29, 0.717) is 13.0 Å².